The van der Waals surface area contributed by atoms with Gasteiger partial charge in [-0.1, -0.05) is 6.07 Å². The zero-order chi connectivity index (χ0) is 16.8. The lowest BCUT2D eigenvalue weighted by molar-refractivity contribution is 0.0971. The van der Waals surface area contributed by atoms with E-state index in [4.69, 9.17) is 10.00 Å². The fourth-order valence-corrected chi connectivity index (χ4v) is 3.20. The Morgan fingerprint density at radius 3 is 3.17 bits per heavy atom. The summed E-state index contributed by atoms with van der Waals surface area (Å²) >= 11 is 1.61. The number of hydrogen-bond acceptors (Lipinski definition) is 6. The Morgan fingerprint density at radius 1 is 1.50 bits per heavy atom. The topological polar surface area (TPSA) is 91.1 Å². The van der Waals surface area contributed by atoms with Gasteiger partial charge in [-0.25, -0.2) is 14.8 Å². The fraction of sp³-hybridized carbons (Fsp3) is 0.375. The standard InChI is InChI=1S/C16H17N5O2S/c17-9-14-15(19-6-5-18-14)23-12-3-1-7-21(11-12)16(22)20-10-13-4-2-8-24-13/h2,4-6,8,12H,1,3,7,10-11H2,(H,20,22)/t12-/m0/s1. The Kier molecular flexibility index (Phi) is 5.23. The molecule has 2 aromatic heterocycles. The van der Waals surface area contributed by atoms with Crippen molar-refractivity contribution in [1.29, 1.82) is 5.26 Å². The molecule has 1 aliphatic rings. The first-order valence-corrected chi connectivity index (χ1v) is 8.57. The summed E-state index contributed by atoms with van der Waals surface area (Å²) in [5, 5.41) is 14.0. The lowest BCUT2D eigenvalue weighted by Gasteiger charge is -2.32. The van der Waals surface area contributed by atoms with Gasteiger partial charge in [0.2, 0.25) is 5.69 Å². The molecule has 2 aromatic rings. The van der Waals surface area contributed by atoms with E-state index < -0.39 is 0 Å². The van der Waals surface area contributed by atoms with Gasteiger partial charge in [0.1, 0.15) is 12.2 Å². The first kappa shape index (κ1) is 16.2. The number of nitrogens with one attached hydrogen (secondary N) is 1. The molecule has 7 nitrogen and oxygen atoms in total. The molecule has 1 atom stereocenters. The van der Waals surface area contributed by atoms with Crippen molar-refractivity contribution in [2.45, 2.75) is 25.5 Å². The Hall–Kier alpha value is -2.66. The van der Waals surface area contributed by atoms with Crippen LogP contribution in [-0.2, 0) is 6.54 Å². The molecule has 24 heavy (non-hydrogen) atoms. The number of amides is 2. The van der Waals surface area contributed by atoms with Gasteiger partial charge in [0.15, 0.2) is 0 Å². The zero-order valence-electron chi connectivity index (χ0n) is 13.0. The van der Waals surface area contributed by atoms with E-state index in [1.807, 2.05) is 23.6 Å². The second kappa shape index (κ2) is 7.75. The number of carbonyl (C=O) groups excluding carboxylic acids is 1. The van der Waals surface area contributed by atoms with Gasteiger partial charge in [0, 0.05) is 23.8 Å². The first-order valence-electron chi connectivity index (χ1n) is 7.69. The van der Waals surface area contributed by atoms with E-state index in [-0.39, 0.29) is 23.7 Å². The van der Waals surface area contributed by atoms with E-state index in [2.05, 4.69) is 15.3 Å². The Morgan fingerprint density at radius 2 is 2.38 bits per heavy atom. The molecular formula is C16H17N5O2S. The summed E-state index contributed by atoms with van der Waals surface area (Å²) in [5.74, 6) is 0.228. The second-order valence-electron chi connectivity index (χ2n) is 5.39. The van der Waals surface area contributed by atoms with E-state index in [1.165, 1.54) is 12.4 Å². The van der Waals surface area contributed by atoms with Gasteiger partial charge in [-0.05, 0) is 24.3 Å². The molecule has 1 aliphatic heterocycles. The maximum absolute atomic E-state index is 12.3. The summed E-state index contributed by atoms with van der Waals surface area (Å²) in [5.41, 5.74) is 0.164. The average molecular weight is 343 g/mol. The Bertz CT molecular complexity index is 728. The minimum atomic E-state index is -0.185. The van der Waals surface area contributed by atoms with E-state index in [9.17, 15) is 4.79 Å². The van der Waals surface area contributed by atoms with Gasteiger partial charge in [-0.15, -0.1) is 11.3 Å². The molecule has 3 rings (SSSR count). The lowest BCUT2D eigenvalue weighted by atomic mass is 10.1. The van der Waals surface area contributed by atoms with Gasteiger partial charge >= 0.3 is 6.03 Å². The van der Waals surface area contributed by atoms with Gasteiger partial charge in [0.05, 0.1) is 13.1 Å². The Balaban J connectivity index is 1.56. The van der Waals surface area contributed by atoms with Gasteiger partial charge in [-0.2, -0.15) is 5.26 Å². The summed E-state index contributed by atoms with van der Waals surface area (Å²) < 4.78 is 5.79. The number of carbonyl (C=O) groups is 1. The highest BCUT2D eigenvalue weighted by Gasteiger charge is 2.26. The summed E-state index contributed by atoms with van der Waals surface area (Å²) in [4.78, 5) is 23.1. The number of nitrogens with zero attached hydrogens (tertiary/aromatic N) is 4. The van der Waals surface area contributed by atoms with Crippen LogP contribution in [0.1, 0.15) is 23.4 Å². The summed E-state index contributed by atoms with van der Waals surface area (Å²) in [7, 11) is 0. The fourth-order valence-electron chi connectivity index (χ4n) is 2.55. The summed E-state index contributed by atoms with van der Waals surface area (Å²) in [6, 6.07) is 5.82. The normalized spacial score (nSPS) is 17.1. The second-order valence-corrected chi connectivity index (χ2v) is 6.42. The smallest absolute Gasteiger partial charge is 0.317 e. The number of piperidine rings is 1. The number of ether oxygens (including phenoxy) is 1. The van der Waals surface area contributed by atoms with Crippen molar-refractivity contribution in [3.05, 3.63) is 40.5 Å². The largest absolute Gasteiger partial charge is 0.470 e. The monoisotopic (exact) mass is 343 g/mol. The number of hydrogen-bond donors (Lipinski definition) is 1. The number of aromatic nitrogens is 2. The van der Waals surface area contributed by atoms with Crippen molar-refractivity contribution in [1.82, 2.24) is 20.2 Å². The third-order valence-electron chi connectivity index (χ3n) is 3.71. The third-order valence-corrected chi connectivity index (χ3v) is 4.58. The molecule has 0 unspecified atom stereocenters. The highest BCUT2D eigenvalue weighted by molar-refractivity contribution is 7.09. The quantitative estimate of drug-likeness (QED) is 0.918. The van der Waals surface area contributed by atoms with Crippen molar-refractivity contribution in [2.75, 3.05) is 13.1 Å². The number of likely N-dealkylation sites (tertiary alicyclic amines) is 1. The number of urea groups is 1. The molecule has 1 fully saturated rings. The average Bonchev–Trinajstić information content (AvgIpc) is 3.14. The molecule has 0 radical (unpaired) electrons. The van der Waals surface area contributed by atoms with E-state index in [0.717, 1.165) is 17.7 Å². The molecule has 0 saturated carbocycles. The number of nitriles is 1. The highest BCUT2D eigenvalue weighted by atomic mass is 32.1. The Labute approximate surface area is 143 Å². The maximum Gasteiger partial charge on any atom is 0.317 e. The molecule has 8 heteroatoms. The first-order chi connectivity index (χ1) is 11.8. The van der Waals surface area contributed by atoms with Crippen molar-refractivity contribution in [3.8, 4) is 11.9 Å². The van der Waals surface area contributed by atoms with Crippen LogP contribution in [0.3, 0.4) is 0 Å². The molecule has 0 spiro atoms. The van der Waals surface area contributed by atoms with Gasteiger partial charge < -0.3 is 15.0 Å². The SMILES string of the molecule is N#Cc1nccnc1O[C@H]1CCCN(C(=O)NCc2cccs2)C1. The van der Waals surface area contributed by atoms with Crippen LogP contribution in [0.25, 0.3) is 0 Å². The molecule has 0 aliphatic carbocycles. The van der Waals surface area contributed by atoms with Crippen molar-refractivity contribution in [3.63, 3.8) is 0 Å². The van der Waals surface area contributed by atoms with Crippen LogP contribution in [0.5, 0.6) is 5.88 Å². The molecule has 0 bridgehead atoms. The minimum Gasteiger partial charge on any atom is -0.470 e. The zero-order valence-corrected chi connectivity index (χ0v) is 13.8. The molecule has 2 amide bonds. The lowest BCUT2D eigenvalue weighted by Crippen LogP contribution is -2.48. The molecule has 1 N–H and O–H groups in total. The van der Waals surface area contributed by atoms with E-state index in [1.54, 1.807) is 16.2 Å². The minimum absolute atomic E-state index is 0.101. The molecule has 3 heterocycles. The highest BCUT2D eigenvalue weighted by Crippen LogP contribution is 2.18. The van der Waals surface area contributed by atoms with Crippen LogP contribution in [-0.4, -0.2) is 40.1 Å². The number of rotatable bonds is 4. The van der Waals surface area contributed by atoms with Crippen LogP contribution < -0.4 is 10.1 Å². The number of thiophene rings is 1. The van der Waals surface area contributed by atoms with E-state index >= 15 is 0 Å². The van der Waals surface area contributed by atoms with Gasteiger partial charge in [-0.3, -0.25) is 0 Å². The maximum atomic E-state index is 12.3. The van der Waals surface area contributed by atoms with Gasteiger partial charge in [0.25, 0.3) is 5.88 Å². The summed E-state index contributed by atoms with van der Waals surface area (Å²) in [6.45, 7) is 1.70. The molecule has 0 aromatic carbocycles. The molecule has 1 saturated heterocycles. The van der Waals surface area contributed by atoms with Crippen molar-refractivity contribution >= 4 is 17.4 Å². The van der Waals surface area contributed by atoms with Crippen LogP contribution in [0.15, 0.2) is 29.9 Å². The van der Waals surface area contributed by atoms with Crippen LogP contribution in [0.2, 0.25) is 0 Å². The molecule has 124 valence electrons. The van der Waals surface area contributed by atoms with Crippen LogP contribution in [0.4, 0.5) is 4.79 Å². The van der Waals surface area contributed by atoms with E-state index in [0.29, 0.717) is 19.6 Å². The van der Waals surface area contributed by atoms with Crippen LogP contribution >= 0.6 is 11.3 Å². The predicted molar refractivity (Wildman–Crippen MR) is 88.5 cm³/mol. The molecular weight excluding hydrogens is 326 g/mol. The van der Waals surface area contributed by atoms with Crippen molar-refractivity contribution in [2.24, 2.45) is 0 Å². The predicted octanol–water partition coefficient (Wildman–Crippen LogP) is 2.16. The third kappa shape index (κ3) is 4.00. The van der Waals surface area contributed by atoms with Crippen LogP contribution in [0, 0.1) is 11.3 Å². The van der Waals surface area contributed by atoms with Crippen molar-refractivity contribution < 1.29 is 9.53 Å². The summed E-state index contributed by atoms with van der Waals surface area (Å²) in [6.07, 6.45) is 4.42.